The molecule has 1 amide bonds. The van der Waals surface area contributed by atoms with Crippen molar-refractivity contribution in [1.29, 1.82) is 0 Å². The molecule has 26 heavy (non-hydrogen) atoms. The van der Waals surface area contributed by atoms with E-state index in [0.29, 0.717) is 30.1 Å². The molecule has 0 aliphatic carbocycles. The summed E-state index contributed by atoms with van der Waals surface area (Å²) in [6.45, 7) is 8.69. The van der Waals surface area contributed by atoms with Gasteiger partial charge in [0.1, 0.15) is 17.0 Å². The van der Waals surface area contributed by atoms with Gasteiger partial charge in [-0.05, 0) is 20.3 Å². The van der Waals surface area contributed by atoms with E-state index in [-0.39, 0.29) is 5.91 Å². The summed E-state index contributed by atoms with van der Waals surface area (Å²) in [5, 5.41) is 4.95. The second kappa shape index (κ2) is 7.96. The summed E-state index contributed by atoms with van der Waals surface area (Å²) < 4.78 is 5.34. The highest BCUT2D eigenvalue weighted by molar-refractivity contribution is 6.29. The van der Waals surface area contributed by atoms with Gasteiger partial charge in [-0.25, -0.2) is 0 Å². The Morgan fingerprint density at radius 3 is 2.35 bits per heavy atom. The number of rotatable bonds is 4. The van der Waals surface area contributed by atoms with E-state index in [0.717, 1.165) is 35.8 Å². The highest BCUT2D eigenvalue weighted by atomic mass is 35.5. The molecule has 0 atom stereocenters. The summed E-state index contributed by atoms with van der Waals surface area (Å²) in [4.78, 5) is 17.3. The molecule has 1 aromatic carbocycles. The van der Waals surface area contributed by atoms with Gasteiger partial charge in [0, 0.05) is 42.5 Å². The first-order chi connectivity index (χ1) is 12.5. The third-order valence-electron chi connectivity index (χ3n) is 4.80. The average Bonchev–Trinajstić information content (AvgIpc) is 3.04. The lowest BCUT2D eigenvalue weighted by Gasteiger charge is -2.37. The van der Waals surface area contributed by atoms with Crippen LogP contribution in [0.2, 0.25) is 0 Å². The van der Waals surface area contributed by atoms with Gasteiger partial charge < -0.3 is 14.3 Å². The first-order valence-electron chi connectivity index (χ1n) is 8.94. The van der Waals surface area contributed by atoms with Gasteiger partial charge in [-0.1, -0.05) is 54.0 Å². The number of piperazine rings is 1. The molecule has 0 spiro atoms. The summed E-state index contributed by atoms with van der Waals surface area (Å²) in [6, 6.07) is 9.68. The van der Waals surface area contributed by atoms with Crippen molar-refractivity contribution >= 4 is 17.5 Å². The number of hydrogen-bond donors (Lipinski definition) is 0. The number of benzene rings is 1. The Hall–Kier alpha value is -2.27. The monoisotopic (exact) mass is 373 g/mol. The number of allylic oxidation sites excluding steroid dienone is 2. The van der Waals surface area contributed by atoms with Crippen LogP contribution in [0, 0.1) is 6.92 Å². The number of hydrogen-bond acceptors (Lipinski definition) is 4. The van der Waals surface area contributed by atoms with Crippen LogP contribution in [0.5, 0.6) is 0 Å². The van der Waals surface area contributed by atoms with Crippen molar-refractivity contribution in [2.75, 3.05) is 26.2 Å². The smallest absolute Gasteiger partial charge is 0.259 e. The first kappa shape index (κ1) is 18.5. The van der Waals surface area contributed by atoms with Crippen LogP contribution in [0.25, 0.3) is 11.3 Å². The van der Waals surface area contributed by atoms with E-state index in [2.05, 4.69) is 17.0 Å². The summed E-state index contributed by atoms with van der Waals surface area (Å²) in [7, 11) is 0. The van der Waals surface area contributed by atoms with Crippen molar-refractivity contribution in [2.24, 2.45) is 0 Å². The van der Waals surface area contributed by atoms with Gasteiger partial charge in [0.25, 0.3) is 5.91 Å². The Bertz CT molecular complexity index is 802. The molecule has 0 N–H and O–H groups in total. The zero-order valence-electron chi connectivity index (χ0n) is 15.5. The Labute approximate surface area is 159 Å². The molecule has 0 unspecified atom stereocenters. The third kappa shape index (κ3) is 3.63. The predicted octanol–water partition coefficient (Wildman–Crippen LogP) is 4.29. The van der Waals surface area contributed by atoms with E-state index in [1.807, 2.05) is 42.2 Å². The largest absolute Gasteiger partial charge is 0.370 e. The molecule has 3 rings (SSSR count). The van der Waals surface area contributed by atoms with Crippen LogP contribution in [0.1, 0.15) is 36.4 Å². The Balaban J connectivity index is 1.78. The van der Waals surface area contributed by atoms with E-state index >= 15 is 0 Å². The molecule has 0 bridgehead atoms. The van der Waals surface area contributed by atoms with E-state index in [4.69, 9.17) is 16.1 Å². The van der Waals surface area contributed by atoms with E-state index in [1.165, 1.54) is 0 Å². The molecule has 1 saturated heterocycles. The van der Waals surface area contributed by atoms with Crippen LogP contribution in [-0.4, -0.2) is 47.0 Å². The third-order valence-corrected chi connectivity index (χ3v) is 5.02. The van der Waals surface area contributed by atoms with Crippen LogP contribution in [-0.2, 0) is 0 Å². The number of amides is 1. The molecule has 0 radical (unpaired) electrons. The number of aryl methyl sites for hydroxylation is 1. The Morgan fingerprint density at radius 1 is 1.15 bits per heavy atom. The van der Waals surface area contributed by atoms with Gasteiger partial charge >= 0.3 is 0 Å². The molecule has 1 aliphatic heterocycles. The molecule has 0 saturated carbocycles. The zero-order chi connectivity index (χ0) is 18.7. The molecule has 1 fully saturated rings. The molecule has 1 aliphatic rings. The fourth-order valence-corrected chi connectivity index (χ4v) is 3.69. The van der Waals surface area contributed by atoms with Gasteiger partial charge in [-0.2, -0.15) is 0 Å². The molecular weight excluding hydrogens is 350 g/mol. The summed E-state index contributed by atoms with van der Waals surface area (Å²) >= 11 is 6.20. The van der Waals surface area contributed by atoms with Gasteiger partial charge in [-0.3, -0.25) is 4.79 Å². The lowest BCUT2D eigenvalue weighted by Crippen LogP contribution is -2.48. The molecule has 138 valence electrons. The van der Waals surface area contributed by atoms with Crippen LogP contribution in [0.3, 0.4) is 0 Å². The normalized spacial score (nSPS) is 15.8. The van der Waals surface area contributed by atoms with Gasteiger partial charge in [0.15, 0.2) is 0 Å². The number of halogens is 1. The van der Waals surface area contributed by atoms with Crippen molar-refractivity contribution in [1.82, 2.24) is 15.0 Å². The van der Waals surface area contributed by atoms with E-state index < -0.39 is 0 Å². The van der Waals surface area contributed by atoms with Crippen molar-refractivity contribution in [3.05, 3.63) is 52.4 Å². The molecule has 6 heteroatoms. The molecule has 1 aromatic heterocycles. The van der Waals surface area contributed by atoms with Crippen molar-refractivity contribution in [2.45, 2.75) is 27.2 Å². The minimum Gasteiger partial charge on any atom is -0.370 e. The predicted molar refractivity (Wildman–Crippen MR) is 103 cm³/mol. The topological polar surface area (TPSA) is 49.6 Å². The molecular formula is C20H24ClN3O2. The standard InChI is InChI=1S/C20H24ClN3O2/c1-4-17(14(2)21)23-10-12-24(13-11-23)20(25)18-15(3)26-22-19(18)16-8-6-5-7-9-16/h5-9H,4,10-13H2,1-3H3. The maximum Gasteiger partial charge on any atom is 0.259 e. The van der Waals surface area contributed by atoms with Gasteiger partial charge in [0.05, 0.1) is 0 Å². The number of aromatic nitrogens is 1. The quantitative estimate of drug-likeness (QED) is 0.802. The molecule has 2 heterocycles. The minimum atomic E-state index is -0.0214. The second-order valence-electron chi connectivity index (χ2n) is 6.44. The van der Waals surface area contributed by atoms with E-state index in [1.54, 1.807) is 6.92 Å². The van der Waals surface area contributed by atoms with Crippen molar-refractivity contribution < 1.29 is 9.32 Å². The lowest BCUT2D eigenvalue weighted by atomic mass is 10.0. The van der Waals surface area contributed by atoms with Crippen molar-refractivity contribution in [3.8, 4) is 11.3 Å². The second-order valence-corrected chi connectivity index (χ2v) is 7.01. The number of carbonyl (C=O) groups is 1. The maximum atomic E-state index is 13.1. The summed E-state index contributed by atoms with van der Waals surface area (Å²) in [5.74, 6) is 0.536. The van der Waals surface area contributed by atoms with Crippen LogP contribution >= 0.6 is 11.6 Å². The highest BCUT2D eigenvalue weighted by Crippen LogP contribution is 2.27. The first-order valence-corrected chi connectivity index (χ1v) is 9.31. The fraction of sp³-hybridized carbons (Fsp3) is 0.400. The lowest BCUT2D eigenvalue weighted by molar-refractivity contribution is 0.0666. The van der Waals surface area contributed by atoms with Crippen molar-refractivity contribution in [3.63, 3.8) is 0 Å². The van der Waals surface area contributed by atoms with Crippen LogP contribution in [0.4, 0.5) is 0 Å². The Morgan fingerprint density at radius 2 is 1.77 bits per heavy atom. The highest BCUT2D eigenvalue weighted by Gasteiger charge is 2.29. The molecule has 5 nitrogen and oxygen atoms in total. The van der Waals surface area contributed by atoms with Gasteiger partial charge in [0.2, 0.25) is 0 Å². The Kier molecular flexibility index (Phi) is 5.67. The van der Waals surface area contributed by atoms with Gasteiger partial charge in [-0.15, -0.1) is 0 Å². The van der Waals surface area contributed by atoms with Crippen LogP contribution in [0.15, 0.2) is 45.6 Å². The van der Waals surface area contributed by atoms with Crippen LogP contribution < -0.4 is 0 Å². The average molecular weight is 374 g/mol. The molecule has 2 aromatic rings. The number of nitrogens with zero attached hydrogens (tertiary/aromatic N) is 3. The summed E-state index contributed by atoms with van der Waals surface area (Å²) in [5.41, 5.74) is 3.22. The SMILES string of the molecule is CCC(=C(C)Cl)N1CCN(C(=O)c2c(-c3ccccc3)noc2C)CC1. The minimum absolute atomic E-state index is 0.0214. The summed E-state index contributed by atoms with van der Waals surface area (Å²) in [6.07, 6.45) is 0.895. The number of carbonyl (C=O) groups excluding carboxylic acids is 1. The van der Waals surface area contributed by atoms with E-state index in [9.17, 15) is 4.79 Å². The fourth-order valence-electron chi connectivity index (χ4n) is 3.44. The maximum absolute atomic E-state index is 13.1. The zero-order valence-corrected chi connectivity index (χ0v) is 16.2.